The summed E-state index contributed by atoms with van der Waals surface area (Å²) in [4.78, 5) is 14.3. The highest BCUT2D eigenvalue weighted by Gasteiger charge is 2.37. The number of H-pyrrole nitrogens is 1. The van der Waals surface area contributed by atoms with Crippen LogP contribution in [0.1, 0.15) is 46.0 Å². The normalized spacial score (nSPS) is 25.6. The zero-order chi connectivity index (χ0) is 17.3. The molecule has 0 bridgehead atoms. The molecule has 1 aliphatic carbocycles. The van der Waals surface area contributed by atoms with Gasteiger partial charge in [-0.05, 0) is 68.0 Å². The largest absolute Gasteiger partial charge is 0.487 e. The fourth-order valence-electron chi connectivity index (χ4n) is 3.87. The van der Waals surface area contributed by atoms with Crippen LogP contribution in [-0.2, 0) is 0 Å². The zero-order valence-corrected chi connectivity index (χ0v) is 14.3. The van der Waals surface area contributed by atoms with Crippen LogP contribution in [0, 0.1) is 11.2 Å². The SMILES string of the molecule is CCC1([C@@H](C)N)CCC(Oc2cc3cc[nH]c(=O)c3cc2F)CC1. The zero-order valence-electron chi connectivity index (χ0n) is 14.3. The monoisotopic (exact) mass is 332 g/mol. The molecule has 3 N–H and O–H groups in total. The molecule has 1 atom stereocenters. The molecular formula is C19H25FN2O2. The van der Waals surface area contributed by atoms with Crippen molar-refractivity contribution in [3.63, 3.8) is 0 Å². The lowest BCUT2D eigenvalue weighted by Gasteiger charge is -2.42. The Hall–Kier alpha value is -1.88. The molecule has 0 unspecified atom stereocenters. The highest BCUT2D eigenvalue weighted by Crippen LogP contribution is 2.42. The molecule has 3 rings (SSSR count). The Morgan fingerprint density at radius 2 is 2.12 bits per heavy atom. The number of nitrogens with one attached hydrogen (secondary N) is 1. The van der Waals surface area contributed by atoms with E-state index < -0.39 is 5.82 Å². The van der Waals surface area contributed by atoms with Crippen molar-refractivity contribution in [3.05, 3.63) is 40.6 Å². The van der Waals surface area contributed by atoms with E-state index in [2.05, 4.69) is 18.8 Å². The number of hydrogen-bond donors (Lipinski definition) is 2. The number of fused-ring (bicyclic) bond motifs is 1. The highest BCUT2D eigenvalue weighted by atomic mass is 19.1. The first-order valence-corrected chi connectivity index (χ1v) is 8.68. The number of aromatic amines is 1. The van der Waals surface area contributed by atoms with Crippen molar-refractivity contribution in [1.82, 2.24) is 4.98 Å². The molecule has 1 aromatic carbocycles. The molecule has 2 aromatic rings. The molecule has 0 amide bonds. The first-order chi connectivity index (χ1) is 11.4. The Labute approximate surface area is 141 Å². The van der Waals surface area contributed by atoms with Gasteiger partial charge in [0.15, 0.2) is 11.6 Å². The smallest absolute Gasteiger partial charge is 0.255 e. The minimum absolute atomic E-state index is 0.00243. The minimum atomic E-state index is -0.487. The fraction of sp³-hybridized carbons (Fsp3) is 0.526. The van der Waals surface area contributed by atoms with E-state index in [1.54, 1.807) is 18.3 Å². The maximum absolute atomic E-state index is 14.3. The van der Waals surface area contributed by atoms with Crippen LogP contribution >= 0.6 is 0 Å². The maximum atomic E-state index is 14.3. The Kier molecular flexibility index (Phi) is 4.63. The van der Waals surface area contributed by atoms with Crippen molar-refractivity contribution in [2.45, 2.75) is 58.1 Å². The van der Waals surface area contributed by atoms with Crippen LogP contribution in [0.25, 0.3) is 10.8 Å². The average molecular weight is 332 g/mol. The Morgan fingerprint density at radius 1 is 1.42 bits per heavy atom. The van der Waals surface area contributed by atoms with Gasteiger partial charge in [-0.3, -0.25) is 4.79 Å². The summed E-state index contributed by atoms with van der Waals surface area (Å²) in [6.07, 6.45) is 6.37. The van der Waals surface area contributed by atoms with Gasteiger partial charge >= 0.3 is 0 Å². The van der Waals surface area contributed by atoms with Gasteiger partial charge in [-0.25, -0.2) is 4.39 Å². The molecule has 1 saturated carbocycles. The first kappa shape index (κ1) is 17.0. The standard InChI is InChI=1S/C19H25FN2O2/c1-3-19(12(2)21)7-4-14(5-8-19)24-17-10-13-6-9-22-18(23)15(13)11-16(17)20/h6,9-12,14H,3-5,7-8,21H2,1-2H3,(H,22,23)/t12-,14?,19?/m1/s1. The highest BCUT2D eigenvalue weighted by molar-refractivity contribution is 5.82. The second kappa shape index (κ2) is 6.55. The van der Waals surface area contributed by atoms with Gasteiger partial charge in [0, 0.05) is 12.2 Å². The van der Waals surface area contributed by atoms with Crippen LogP contribution in [0.2, 0.25) is 0 Å². The van der Waals surface area contributed by atoms with Gasteiger partial charge in [0.25, 0.3) is 5.56 Å². The minimum Gasteiger partial charge on any atom is -0.487 e. The van der Waals surface area contributed by atoms with Crippen molar-refractivity contribution in [1.29, 1.82) is 0 Å². The van der Waals surface area contributed by atoms with Crippen LogP contribution in [0.3, 0.4) is 0 Å². The van der Waals surface area contributed by atoms with E-state index >= 15 is 0 Å². The summed E-state index contributed by atoms with van der Waals surface area (Å²) in [5, 5.41) is 1.03. The number of pyridine rings is 1. The third-order valence-corrected chi connectivity index (χ3v) is 5.72. The third kappa shape index (κ3) is 3.05. The number of nitrogens with two attached hydrogens (primary N) is 1. The summed E-state index contributed by atoms with van der Waals surface area (Å²) in [6, 6.07) is 4.78. The molecule has 1 aliphatic rings. The van der Waals surface area contributed by atoms with Crippen LogP contribution in [0.15, 0.2) is 29.2 Å². The second-order valence-corrected chi connectivity index (χ2v) is 7.00. The van der Waals surface area contributed by atoms with Gasteiger partial charge in [-0.2, -0.15) is 0 Å². The lowest BCUT2D eigenvalue weighted by atomic mass is 9.67. The topological polar surface area (TPSA) is 68.1 Å². The summed E-state index contributed by atoms with van der Waals surface area (Å²) in [7, 11) is 0. The number of halogens is 1. The van der Waals surface area contributed by atoms with E-state index in [1.165, 1.54) is 6.07 Å². The quantitative estimate of drug-likeness (QED) is 0.896. The summed E-state index contributed by atoms with van der Waals surface area (Å²) < 4.78 is 20.2. The number of benzene rings is 1. The first-order valence-electron chi connectivity index (χ1n) is 8.68. The number of aromatic nitrogens is 1. The van der Waals surface area contributed by atoms with Crippen LogP contribution in [0.5, 0.6) is 5.75 Å². The maximum Gasteiger partial charge on any atom is 0.255 e. The van der Waals surface area contributed by atoms with Crippen molar-refractivity contribution in [2.24, 2.45) is 11.1 Å². The van der Waals surface area contributed by atoms with Crippen LogP contribution in [0.4, 0.5) is 4.39 Å². The second-order valence-electron chi connectivity index (χ2n) is 7.00. The van der Waals surface area contributed by atoms with Crippen LogP contribution < -0.4 is 16.0 Å². The van der Waals surface area contributed by atoms with Crippen molar-refractivity contribution in [3.8, 4) is 5.75 Å². The predicted octanol–water partition coefficient (Wildman–Crippen LogP) is 3.73. The molecule has 1 aromatic heterocycles. The molecule has 0 radical (unpaired) electrons. The molecule has 1 fully saturated rings. The van der Waals surface area contributed by atoms with Gasteiger partial charge in [0.2, 0.25) is 0 Å². The summed E-state index contributed by atoms with van der Waals surface area (Å²) in [5.74, 6) is -0.262. The predicted molar refractivity (Wildman–Crippen MR) is 93.8 cm³/mol. The van der Waals surface area contributed by atoms with E-state index in [0.29, 0.717) is 10.8 Å². The van der Waals surface area contributed by atoms with Gasteiger partial charge < -0.3 is 15.5 Å². The molecule has 130 valence electrons. The van der Waals surface area contributed by atoms with E-state index in [4.69, 9.17) is 10.5 Å². The molecule has 0 aliphatic heterocycles. The van der Waals surface area contributed by atoms with Gasteiger partial charge in [0.1, 0.15) is 0 Å². The summed E-state index contributed by atoms with van der Waals surface area (Å²) in [5.41, 5.74) is 6.06. The van der Waals surface area contributed by atoms with Crippen LogP contribution in [-0.4, -0.2) is 17.1 Å². The van der Waals surface area contributed by atoms with Crippen molar-refractivity contribution < 1.29 is 9.13 Å². The molecule has 1 heterocycles. The molecule has 4 nitrogen and oxygen atoms in total. The van der Waals surface area contributed by atoms with E-state index in [-0.39, 0.29) is 28.9 Å². The van der Waals surface area contributed by atoms with Crippen molar-refractivity contribution >= 4 is 10.8 Å². The van der Waals surface area contributed by atoms with E-state index in [9.17, 15) is 9.18 Å². The van der Waals surface area contributed by atoms with Gasteiger partial charge in [-0.1, -0.05) is 6.92 Å². The Bertz CT molecular complexity index is 777. The number of hydrogen-bond acceptors (Lipinski definition) is 3. The van der Waals surface area contributed by atoms with E-state index in [1.807, 2.05) is 0 Å². The van der Waals surface area contributed by atoms with Crippen molar-refractivity contribution in [2.75, 3.05) is 0 Å². The Morgan fingerprint density at radius 3 is 2.75 bits per heavy atom. The van der Waals surface area contributed by atoms with Gasteiger partial charge in [0.05, 0.1) is 11.5 Å². The fourth-order valence-corrected chi connectivity index (χ4v) is 3.87. The Balaban J connectivity index is 1.77. The molecule has 0 spiro atoms. The average Bonchev–Trinajstić information content (AvgIpc) is 2.57. The molecule has 24 heavy (non-hydrogen) atoms. The molecule has 0 saturated heterocycles. The lowest BCUT2D eigenvalue weighted by molar-refractivity contribution is 0.0598. The lowest BCUT2D eigenvalue weighted by Crippen LogP contribution is -2.43. The third-order valence-electron chi connectivity index (χ3n) is 5.72. The number of rotatable bonds is 4. The van der Waals surface area contributed by atoms with E-state index in [0.717, 1.165) is 32.1 Å². The summed E-state index contributed by atoms with van der Waals surface area (Å²) in [6.45, 7) is 4.26. The van der Waals surface area contributed by atoms with Gasteiger partial charge in [-0.15, -0.1) is 0 Å². The molecule has 5 heteroatoms. The summed E-state index contributed by atoms with van der Waals surface area (Å²) >= 11 is 0. The number of ether oxygens (including phenoxy) is 1. The molecular weight excluding hydrogens is 307 g/mol.